The van der Waals surface area contributed by atoms with Crippen LogP contribution >= 0.6 is 0 Å². The first-order chi connectivity index (χ1) is 14.8. The van der Waals surface area contributed by atoms with Gasteiger partial charge in [-0.15, -0.1) is 0 Å². The van der Waals surface area contributed by atoms with Crippen LogP contribution < -0.4 is 0 Å². The van der Waals surface area contributed by atoms with Crippen molar-refractivity contribution < 1.29 is 9.53 Å². The number of aryl methyl sites for hydroxylation is 1. The van der Waals surface area contributed by atoms with Crippen molar-refractivity contribution in [2.45, 2.75) is 58.1 Å². The average Bonchev–Trinajstić information content (AvgIpc) is 2.75. The summed E-state index contributed by atoms with van der Waals surface area (Å²) in [7, 11) is 3.77. The largest absolute Gasteiger partial charge is 0.461 e. The van der Waals surface area contributed by atoms with E-state index in [-0.39, 0.29) is 12.1 Å². The van der Waals surface area contributed by atoms with Crippen LogP contribution in [0.1, 0.15) is 67.3 Å². The van der Waals surface area contributed by atoms with Crippen molar-refractivity contribution in [2.75, 3.05) is 14.1 Å². The minimum absolute atomic E-state index is 0.103. The SMILES string of the molecule is Cc1ccc(C#N)cc1[C@@H](C(=O)O[C@@H]1C[C@H](C)CC[C@H]1[C@H](C)c1ccccc1)N(C)C. The molecule has 0 amide bonds. The van der Waals surface area contributed by atoms with Crippen LogP contribution in [0.2, 0.25) is 0 Å². The Bertz CT molecular complexity index is 932. The van der Waals surface area contributed by atoms with Gasteiger partial charge in [-0.1, -0.05) is 56.7 Å². The van der Waals surface area contributed by atoms with E-state index in [1.165, 1.54) is 5.56 Å². The minimum Gasteiger partial charge on any atom is -0.461 e. The van der Waals surface area contributed by atoms with Gasteiger partial charge in [0, 0.05) is 5.92 Å². The molecule has 1 aliphatic rings. The molecule has 0 spiro atoms. The second-order valence-corrected chi connectivity index (χ2v) is 9.31. The average molecular weight is 419 g/mol. The maximum atomic E-state index is 13.5. The Kier molecular flexibility index (Phi) is 7.51. The molecule has 2 aromatic carbocycles. The molecule has 0 heterocycles. The number of carbonyl (C=O) groups is 1. The van der Waals surface area contributed by atoms with E-state index in [0.717, 1.165) is 30.4 Å². The molecule has 0 saturated heterocycles. The molecule has 3 rings (SSSR count). The van der Waals surface area contributed by atoms with Crippen molar-refractivity contribution >= 4 is 5.97 Å². The van der Waals surface area contributed by atoms with Crippen LogP contribution in [0.5, 0.6) is 0 Å². The molecule has 0 N–H and O–H groups in total. The third-order valence-electron chi connectivity index (χ3n) is 6.78. The number of ether oxygens (including phenoxy) is 1. The number of benzene rings is 2. The van der Waals surface area contributed by atoms with Crippen molar-refractivity contribution in [1.29, 1.82) is 5.26 Å². The second-order valence-electron chi connectivity index (χ2n) is 9.31. The fourth-order valence-electron chi connectivity index (χ4n) is 4.90. The van der Waals surface area contributed by atoms with Gasteiger partial charge in [-0.3, -0.25) is 4.90 Å². The number of carbonyl (C=O) groups excluding carboxylic acids is 1. The fourth-order valence-corrected chi connectivity index (χ4v) is 4.90. The quantitative estimate of drug-likeness (QED) is 0.571. The first-order valence-electron chi connectivity index (χ1n) is 11.2. The predicted molar refractivity (Wildman–Crippen MR) is 124 cm³/mol. The highest BCUT2D eigenvalue weighted by atomic mass is 16.5. The first-order valence-corrected chi connectivity index (χ1v) is 11.2. The summed E-state index contributed by atoms with van der Waals surface area (Å²) in [5.74, 6) is 0.941. The fraction of sp³-hybridized carbons (Fsp3) is 0.481. The lowest BCUT2D eigenvalue weighted by Crippen LogP contribution is -2.39. The summed E-state index contributed by atoms with van der Waals surface area (Å²) in [6.45, 7) is 6.47. The number of nitrogens with zero attached hydrogens (tertiary/aromatic N) is 2. The molecule has 0 radical (unpaired) electrons. The molecule has 1 fully saturated rings. The van der Waals surface area contributed by atoms with Gasteiger partial charge in [0.05, 0.1) is 11.6 Å². The van der Waals surface area contributed by atoms with Crippen molar-refractivity contribution in [2.24, 2.45) is 11.8 Å². The molecule has 0 bridgehead atoms. The van der Waals surface area contributed by atoms with Gasteiger partial charge >= 0.3 is 5.97 Å². The molecule has 0 aromatic heterocycles. The van der Waals surface area contributed by atoms with Gasteiger partial charge in [-0.2, -0.15) is 5.26 Å². The zero-order valence-electron chi connectivity index (χ0n) is 19.3. The van der Waals surface area contributed by atoms with Crippen LogP contribution in [0.15, 0.2) is 48.5 Å². The lowest BCUT2D eigenvalue weighted by Gasteiger charge is -2.39. The van der Waals surface area contributed by atoms with E-state index >= 15 is 0 Å². The van der Waals surface area contributed by atoms with E-state index in [1.54, 1.807) is 6.07 Å². The topological polar surface area (TPSA) is 53.3 Å². The van der Waals surface area contributed by atoms with Crippen molar-refractivity contribution in [1.82, 2.24) is 4.90 Å². The summed E-state index contributed by atoms with van der Waals surface area (Å²) < 4.78 is 6.26. The van der Waals surface area contributed by atoms with Gasteiger partial charge in [-0.05, 0) is 74.5 Å². The molecule has 0 aliphatic heterocycles. The van der Waals surface area contributed by atoms with E-state index in [9.17, 15) is 10.1 Å². The van der Waals surface area contributed by atoms with Crippen molar-refractivity contribution in [3.63, 3.8) is 0 Å². The van der Waals surface area contributed by atoms with Gasteiger partial charge in [0.15, 0.2) is 0 Å². The summed E-state index contributed by atoms with van der Waals surface area (Å²) in [4.78, 5) is 15.4. The Hall–Kier alpha value is -2.64. The maximum Gasteiger partial charge on any atom is 0.328 e. The Morgan fingerprint density at radius 3 is 2.52 bits per heavy atom. The standard InChI is InChI=1S/C27H34N2O2/c1-18-11-14-23(20(3)22-9-7-6-8-10-22)25(15-18)31-27(30)26(29(4)5)24-16-21(17-28)13-12-19(24)2/h6-10,12-13,16,18,20,23,25-26H,11,14-15H2,1-5H3/t18-,20-,23+,25-,26+/m1/s1. The van der Waals surface area contributed by atoms with E-state index in [2.05, 4.69) is 44.2 Å². The summed E-state index contributed by atoms with van der Waals surface area (Å²) in [6, 6.07) is 17.7. The molecule has 4 nitrogen and oxygen atoms in total. The number of rotatable bonds is 6. The number of nitriles is 1. The Morgan fingerprint density at radius 2 is 1.87 bits per heavy atom. The molecule has 31 heavy (non-hydrogen) atoms. The highest BCUT2D eigenvalue weighted by molar-refractivity contribution is 5.78. The van der Waals surface area contributed by atoms with Crippen molar-refractivity contribution in [3.8, 4) is 6.07 Å². The first kappa shape index (κ1) is 23.0. The summed E-state index contributed by atoms with van der Waals surface area (Å²) in [5, 5.41) is 9.33. The predicted octanol–water partition coefficient (Wildman–Crippen LogP) is 5.62. The van der Waals surface area contributed by atoms with Gasteiger partial charge in [-0.25, -0.2) is 4.79 Å². The Labute approximate surface area is 186 Å². The lowest BCUT2D eigenvalue weighted by atomic mass is 9.73. The van der Waals surface area contributed by atoms with Crippen LogP contribution in [-0.4, -0.2) is 31.1 Å². The normalized spacial score (nSPS) is 23.1. The molecule has 164 valence electrons. The number of hydrogen-bond acceptors (Lipinski definition) is 4. The number of esters is 1. The number of likely N-dealkylation sites (N-methyl/N-ethyl adjacent to an activating group) is 1. The second kappa shape index (κ2) is 10.1. The third-order valence-corrected chi connectivity index (χ3v) is 6.78. The van der Waals surface area contributed by atoms with Crippen LogP contribution in [0.25, 0.3) is 0 Å². The van der Waals surface area contributed by atoms with Crippen LogP contribution in [0.4, 0.5) is 0 Å². The Balaban J connectivity index is 1.86. The molecule has 1 aliphatic carbocycles. The molecule has 2 aromatic rings. The Morgan fingerprint density at radius 1 is 1.16 bits per heavy atom. The van der Waals surface area contributed by atoms with E-state index in [0.29, 0.717) is 23.3 Å². The summed E-state index contributed by atoms with van der Waals surface area (Å²) in [6.07, 6.45) is 3.01. The highest BCUT2D eigenvalue weighted by Crippen LogP contribution is 2.40. The van der Waals surface area contributed by atoms with Crippen LogP contribution in [-0.2, 0) is 9.53 Å². The third kappa shape index (κ3) is 5.35. The van der Waals surface area contributed by atoms with Gasteiger partial charge in [0.1, 0.15) is 12.1 Å². The van der Waals surface area contributed by atoms with E-state index in [1.807, 2.05) is 44.1 Å². The lowest BCUT2D eigenvalue weighted by molar-refractivity contribution is -0.161. The van der Waals surface area contributed by atoms with Crippen LogP contribution in [0.3, 0.4) is 0 Å². The summed E-state index contributed by atoms with van der Waals surface area (Å²) >= 11 is 0. The van der Waals surface area contributed by atoms with Crippen LogP contribution in [0, 0.1) is 30.1 Å². The molecule has 5 atom stereocenters. The molecule has 0 unspecified atom stereocenters. The van der Waals surface area contributed by atoms with E-state index < -0.39 is 6.04 Å². The highest BCUT2D eigenvalue weighted by Gasteiger charge is 2.37. The zero-order valence-corrected chi connectivity index (χ0v) is 19.3. The molecule has 4 heteroatoms. The number of hydrogen-bond donors (Lipinski definition) is 0. The van der Waals surface area contributed by atoms with Gasteiger partial charge in [0.25, 0.3) is 0 Å². The van der Waals surface area contributed by atoms with Crippen molar-refractivity contribution in [3.05, 3.63) is 70.8 Å². The van der Waals surface area contributed by atoms with E-state index in [4.69, 9.17) is 4.74 Å². The minimum atomic E-state index is -0.529. The maximum absolute atomic E-state index is 13.5. The summed E-state index contributed by atoms with van der Waals surface area (Å²) in [5.41, 5.74) is 3.68. The smallest absolute Gasteiger partial charge is 0.328 e. The van der Waals surface area contributed by atoms with Gasteiger partial charge in [0.2, 0.25) is 0 Å². The van der Waals surface area contributed by atoms with Gasteiger partial charge < -0.3 is 4.74 Å². The molecule has 1 saturated carbocycles. The monoisotopic (exact) mass is 418 g/mol. The zero-order chi connectivity index (χ0) is 22.5. The molecular weight excluding hydrogens is 384 g/mol. The molecular formula is C27H34N2O2.